The molecule has 0 spiro atoms. The van der Waals surface area contributed by atoms with E-state index >= 15 is 0 Å². The molecule has 0 saturated heterocycles. The van der Waals surface area contributed by atoms with Crippen LogP contribution in [0, 0.1) is 0 Å². The van der Waals surface area contributed by atoms with E-state index < -0.39 is 0 Å². The SMILES string of the molecule is COc1ccc(OC)c(NC(=O)CNCc2ccccn2)c1. The number of anilines is 1. The maximum Gasteiger partial charge on any atom is 0.238 e. The van der Waals surface area contributed by atoms with Crippen molar-refractivity contribution >= 4 is 11.6 Å². The average molecular weight is 301 g/mol. The highest BCUT2D eigenvalue weighted by atomic mass is 16.5. The van der Waals surface area contributed by atoms with Gasteiger partial charge in [0, 0.05) is 18.8 Å². The third kappa shape index (κ3) is 4.46. The second-order valence-corrected chi connectivity index (χ2v) is 4.54. The minimum absolute atomic E-state index is 0.164. The fourth-order valence-corrected chi connectivity index (χ4v) is 1.91. The van der Waals surface area contributed by atoms with E-state index in [1.807, 2.05) is 18.2 Å². The number of benzene rings is 1. The van der Waals surface area contributed by atoms with Gasteiger partial charge in [0.2, 0.25) is 5.91 Å². The average Bonchev–Trinajstić information content (AvgIpc) is 2.55. The van der Waals surface area contributed by atoms with Gasteiger partial charge in [0.15, 0.2) is 0 Å². The Kier molecular flexibility index (Phi) is 5.73. The molecule has 22 heavy (non-hydrogen) atoms. The number of amides is 1. The number of pyridine rings is 1. The predicted molar refractivity (Wildman–Crippen MR) is 84.1 cm³/mol. The van der Waals surface area contributed by atoms with E-state index in [2.05, 4.69) is 15.6 Å². The van der Waals surface area contributed by atoms with Crippen molar-refractivity contribution in [2.45, 2.75) is 6.54 Å². The van der Waals surface area contributed by atoms with E-state index in [1.165, 1.54) is 0 Å². The van der Waals surface area contributed by atoms with Crippen LogP contribution in [-0.2, 0) is 11.3 Å². The first kappa shape index (κ1) is 15.8. The van der Waals surface area contributed by atoms with E-state index in [9.17, 15) is 4.79 Å². The van der Waals surface area contributed by atoms with E-state index in [4.69, 9.17) is 9.47 Å². The van der Waals surface area contributed by atoms with Gasteiger partial charge in [-0.1, -0.05) is 6.07 Å². The molecule has 2 rings (SSSR count). The number of methoxy groups -OCH3 is 2. The predicted octanol–water partition coefficient (Wildman–Crippen LogP) is 1.83. The van der Waals surface area contributed by atoms with Crippen molar-refractivity contribution in [1.29, 1.82) is 0 Å². The zero-order valence-electron chi connectivity index (χ0n) is 12.6. The summed E-state index contributed by atoms with van der Waals surface area (Å²) in [6.45, 7) is 0.709. The van der Waals surface area contributed by atoms with Crippen LogP contribution in [0.4, 0.5) is 5.69 Å². The number of carbonyl (C=O) groups excluding carboxylic acids is 1. The highest BCUT2D eigenvalue weighted by molar-refractivity contribution is 5.93. The molecule has 2 aromatic rings. The zero-order chi connectivity index (χ0) is 15.8. The van der Waals surface area contributed by atoms with Gasteiger partial charge >= 0.3 is 0 Å². The lowest BCUT2D eigenvalue weighted by molar-refractivity contribution is -0.115. The molecule has 0 aliphatic carbocycles. The standard InChI is InChI=1S/C16H19N3O3/c1-21-13-6-7-15(22-2)14(9-13)19-16(20)11-17-10-12-5-3-4-8-18-12/h3-9,17H,10-11H2,1-2H3,(H,19,20). The van der Waals surface area contributed by atoms with E-state index in [-0.39, 0.29) is 12.5 Å². The lowest BCUT2D eigenvalue weighted by Crippen LogP contribution is -2.28. The number of ether oxygens (including phenoxy) is 2. The Bertz CT molecular complexity index is 617. The lowest BCUT2D eigenvalue weighted by atomic mass is 10.2. The molecule has 2 N–H and O–H groups in total. The van der Waals surface area contributed by atoms with Crippen LogP contribution in [0.5, 0.6) is 11.5 Å². The van der Waals surface area contributed by atoms with E-state index in [1.54, 1.807) is 38.6 Å². The van der Waals surface area contributed by atoms with Gasteiger partial charge in [-0.25, -0.2) is 0 Å². The Balaban J connectivity index is 1.89. The number of carbonyl (C=O) groups is 1. The summed E-state index contributed by atoms with van der Waals surface area (Å²) in [5.74, 6) is 1.07. The largest absolute Gasteiger partial charge is 0.497 e. The number of hydrogen-bond donors (Lipinski definition) is 2. The molecule has 6 heteroatoms. The minimum atomic E-state index is -0.164. The maximum absolute atomic E-state index is 12.0. The first-order chi connectivity index (χ1) is 10.7. The first-order valence-electron chi connectivity index (χ1n) is 6.85. The van der Waals surface area contributed by atoms with Gasteiger partial charge in [0.05, 0.1) is 32.1 Å². The number of hydrogen-bond acceptors (Lipinski definition) is 5. The van der Waals surface area contributed by atoms with Crippen LogP contribution in [0.3, 0.4) is 0 Å². The first-order valence-corrected chi connectivity index (χ1v) is 6.85. The van der Waals surface area contributed by atoms with Gasteiger partial charge < -0.3 is 20.1 Å². The van der Waals surface area contributed by atoms with E-state index in [0.717, 1.165) is 5.69 Å². The number of aromatic nitrogens is 1. The third-order valence-corrected chi connectivity index (χ3v) is 3.00. The monoisotopic (exact) mass is 301 g/mol. The molecule has 0 atom stereocenters. The van der Waals surface area contributed by atoms with Crippen molar-refractivity contribution in [3.05, 3.63) is 48.3 Å². The van der Waals surface area contributed by atoms with Crippen LogP contribution < -0.4 is 20.1 Å². The summed E-state index contributed by atoms with van der Waals surface area (Å²) in [6, 6.07) is 10.9. The van der Waals surface area contributed by atoms with Crippen molar-refractivity contribution in [2.75, 3.05) is 26.1 Å². The lowest BCUT2D eigenvalue weighted by Gasteiger charge is -2.12. The van der Waals surface area contributed by atoms with Gasteiger partial charge in [-0.05, 0) is 24.3 Å². The summed E-state index contributed by atoms with van der Waals surface area (Å²) in [6.07, 6.45) is 1.72. The second kappa shape index (κ2) is 7.99. The zero-order valence-corrected chi connectivity index (χ0v) is 12.6. The molecule has 0 saturated carbocycles. The Morgan fingerprint density at radius 3 is 2.73 bits per heavy atom. The molecular weight excluding hydrogens is 282 g/mol. The van der Waals surface area contributed by atoms with E-state index in [0.29, 0.717) is 23.7 Å². The summed E-state index contributed by atoms with van der Waals surface area (Å²) in [4.78, 5) is 16.2. The Labute approximate surface area is 129 Å². The number of nitrogens with one attached hydrogen (secondary N) is 2. The molecule has 0 aliphatic rings. The molecule has 0 bridgehead atoms. The molecule has 1 amide bonds. The van der Waals surface area contributed by atoms with Crippen molar-refractivity contribution < 1.29 is 14.3 Å². The van der Waals surface area contributed by atoms with Crippen molar-refractivity contribution in [3.8, 4) is 11.5 Å². The summed E-state index contributed by atoms with van der Waals surface area (Å²) in [7, 11) is 3.12. The van der Waals surface area contributed by atoms with Crippen LogP contribution >= 0.6 is 0 Å². The van der Waals surface area contributed by atoms with Crippen molar-refractivity contribution in [1.82, 2.24) is 10.3 Å². The fraction of sp³-hybridized carbons (Fsp3) is 0.250. The van der Waals surface area contributed by atoms with Gasteiger partial charge in [0.25, 0.3) is 0 Å². The third-order valence-electron chi connectivity index (χ3n) is 3.00. The van der Waals surface area contributed by atoms with Gasteiger partial charge in [-0.2, -0.15) is 0 Å². The molecule has 1 aromatic carbocycles. The van der Waals surface area contributed by atoms with Crippen molar-refractivity contribution in [2.24, 2.45) is 0 Å². The Morgan fingerprint density at radius 2 is 2.05 bits per heavy atom. The van der Waals surface area contributed by atoms with Crippen molar-refractivity contribution in [3.63, 3.8) is 0 Å². The number of nitrogens with zero attached hydrogens (tertiary/aromatic N) is 1. The molecule has 116 valence electrons. The van der Waals surface area contributed by atoms with Crippen LogP contribution in [0.1, 0.15) is 5.69 Å². The van der Waals surface area contributed by atoms with Crippen LogP contribution in [-0.4, -0.2) is 31.7 Å². The van der Waals surface area contributed by atoms with Crippen LogP contribution in [0.25, 0.3) is 0 Å². The highest BCUT2D eigenvalue weighted by Gasteiger charge is 2.09. The molecule has 0 fully saturated rings. The quantitative estimate of drug-likeness (QED) is 0.816. The topological polar surface area (TPSA) is 72.5 Å². The summed E-state index contributed by atoms with van der Waals surface area (Å²) < 4.78 is 10.4. The smallest absolute Gasteiger partial charge is 0.238 e. The van der Waals surface area contributed by atoms with Crippen LogP contribution in [0.2, 0.25) is 0 Å². The Hall–Kier alpha value is -2.60. The molecular formula is C16H19N3O3. The summed E-state index contributed by atoms with van der Waals surface area (Å²) in [5.41, 5.74) is 1.46. The maximum atomic E-state index is 12.0. The summed E-state index contributed by atoms with van der Waals surface area (Å²) >= 11 is 0. The fourth-order valence-electron chi connectivity index (χ4n) is 1.91. The molecule has 1 aromatic heterocycles. The molecule has 0 radical (unpaired) electrons. The second-order valence-electron chi connectivity index (χ2n) is 4.54. The van der Waals surface area contributed by atoms with Gasteiger partial charge in [-0.15, -0.1) is 0 Å². The molecule has 6 nitrogen and oxygen atoms in total. The number of rotatable bonds is 7. The van der Waals surface area contributed by atoms with Gasteiger partial charge in [-0.3, -0.25) is 9.78 Å². The minimum Gasteiger partial charge on any atom is -0.497 e. The van der Waals surface area contributed by atoms with Gasteiger partial charge in [0.1, 0.15) is 11.5 Å². The Morgan fingerprint density at radius 1 is 1.18 bits per heavy atom. The van der Waals surface area contributed by atoms with Crippen LogP contribution in [0.15, 0.2) is 42.6 Å². The molecule has 0 aliphatic heterocycles. The summed E-state index contributed by atoms with van der Waals surface area (Å²) in [5, 5.41) is 5.84. The highest BCUT2D eigenvalue weighted by Crippen LogP contribution is 2.28. The normalized spacial score (nSPS) is 10.1. The molecule has 1 heterocycles. The molecule has 0 unspecified atom stereocenters.